The summed E-state index contributed by atoms with van der Waals surface area (Å²) in [6.45, 7) is 0. The van der Waals surface area contributed by atoms with Gasteiger partial charge in [-0.1, -0.05) is 25.3 Å². The molecule has 0 saturated heterocycles. The number of carbonyl (C=O) groups excluding carboxylic acids is 2. The summed E-state index contributed by atoms with van der Waals surface area (Å²) in [7, 11) is 0. The minimum Gasteiger partial charge on any atom is -0.349 e. The molecule has 3 N–H and O–H groups in total. The van der Waals surface area contributed by atoms with Crippen molar-refractivity contribution in [3.63, 3.8) is 0 Å². The van der Waals surface area contributed by atoms with Crippen LogP contribution in [0.15, 0.2) is 48.5 Å². The van der Waals surface area contributed by atoms with E-state index in [1.807, 2.05) is 0 Å². The first kappa shape index (κ1) is 20.7. The van der Waals surface area contributed by atoms with Crippen molar-refractivity contribution in [1.29, 1.82) is 0 Å². The molecule has 0 radical (unpaired) electrons. The number of anilines is 2. The first-order valence-electron chi connectivity index (χ1n) is 9.47. The van der Waals surface area contributed by atoms with Crippen LogP contribution in [0.25, 0.3) is 0 Å². The van der Waals surface area contributed by atoms with Crippen LogP contribution >= 0.6 is 0 Å². The summed E-state index contributed by atoms with van der Waals surface area (Å²) in [6, 6.07) is 10.2. The van der Waals surface area contributed by atoms with Gasteiger partial charge in [-0.3, -0.25) is 4.79 Å². The normalized spacial score (nSPS) is 14.9. The van der Waals surface area contributed by atoms with Crippen LogP contribution in [-0.2, 0) is 6.18 Å². The number of hydrogen-bond donors (Lipinski definition) is 3. The van der Waals surface area contributed by atoms with Gasteiger partial charge in [0.05, 0.1) is 5.56 Å². The summed E-state index contributed by atoms with van der Waals surface area (Å²) < 4.78 is 38.2. The van der Waals surface area contributed by atoms with Crippen LogP contribution in [0.5, 0.6) is 0 Å². The van der Waals surface area contributed by atoms with Gasteiger partial charge < -0.3 is 16.0 Å². The fraction of sp³-hybridized carbons (Fsp3) is 0.333. The Hall–Kier alpha value is -3.03. The highest BCUT2D eigenvalue weighted by Gasteiger charge is 2.30. The second kappa shape index (κ2) is 8.98. The predicted molar refractivity (Wildman–Crippen MR) is 105 cm³/mol. The van der Waals surface area contributed by atoms with Gasteiger partial charge in [0, 0.05) is 23.0 Å². The Bertz CT molecular complexity index is 860. The molecular formula is C21H22F3N3O2. The highest BCUT2D eigenvalue weighted by molar-refractivity contribution is 6.00. The van der Waals surface area contributed by atoms with Gasteiger partial charge in [-0.05, 0) is 55.3 Å². The Balaban J connectivity index is 1.55. The van der Waals surface area contributed by atoms with Crippen molar-refractivity contribution in [2.45, 2.75) is 44.3 Å². The summed E-state index contributed by atoms with van der Waals surface area (Å²) >= 11 is 0. The number of carbonyl (C=O) groups is 2. The highest BCUT2D eigenvalue weighted by Crippen LogP contribution is 2.30. The maximum Gasteiger partial charge on any atom is 0.416 e. The zero-order valence-electron chi connectivity index (χ0n) is 15.7. The molecule has 2 aromatic carbocycles. The van der Waals surface area contributed by atoms with Crippen LogP contribution < -0.4 is 16.0 Å². The molecule has 0 atom stereocenters. The lowest BCUT2D eigenvalue weighted by atomic mass is 9.95. The molecule has 1 fully saturated rings. The van der Waals surface area contributed by atoms with Gasteiger partial charge in [0.2, 0.25) is 0 Å². The lowest BCUT2D eigenvalue weighted by molar-refractivity contribution is -0.137. The molecule has 1 aliphatic carbocycles. The average molecular weight is 405 g/mol. The van der Waals surface area contributed by atoms with E-state index >= 15 is 0 Å². The van der Waals surface area contributed by atoms with E-state index < -0.39 is 17.8 Å². The van der Waals surface area contributed by atoms with E-state index in [9.17, 15) is 22.8 Å². The molecule has 2 aromatic rings. The summed E-state index contributed by atoms with van der Waals surface area (Å²) in [5.41, 5.74) is 0.0903. The van der Waals surface area contributed by atoms with Crippen LogP contribution in [0.4, 0.5) is 29.3 Å². The van der Waals surface area contributed by atoms with Gasteiger partial charge in [0.25, 0.3) is 5.91 Å². The van der Waals surface area contributed by atoms with Crippen LogP contribution in [-0.4, -0.2) is 18.0 Å². The topological polar surface area (TPSA) is 70.2 Å². The molecule has 8 heteroatoms. The number of hydrogen-bond acceptors (Lipinski definition) is 2. The van der Waals surface area contributed by atoms with Gasteiger partial charge in [-0.25, -0.2) is 4.79 Å². The Labute approximate surface area is 166 Å². The highest BCUT2D eigenvalue weighted by atomic mass is 19.4. The fourth-order valence-electron chi connectivity index (χ4n) is 3.29. The zero-order chi connectivity index (χ0) is 20.9. The van der Waals surface area contributed by atoms with Crippen molar-refractivity contribution < 1.29 is 22.8 Å². The van der Waals surface area contributed by atoms with Gasteiger partial charge in [0.15, 0.2) is 0 Å². The van der Waals surface area contributed by atoms with Crippen molar-refractivity contribution in [3.8, 4) is 0 Å². The second-order valence-corrected chi connectivity index (χ2v) is 7.04. The lowest BCUT2D eigenvalue weighted by Gasteiger charge is -2.22. The molecule has 0 aliphatic heterocycles. The van der Waals surface area contributed by atoms with E-state index in [4.69, 9.17) is 0 Å². The quantitative estimate of drug-likeness (QED) is 0.636. The lowest BCUT2D eigenvalue weighted by Crippen LogP contribution is -2.36. The van der Waals surface area contributed by atoms with E-state index in [-0.39, 0.29) is 17.6 Å². The predicted octanol–water partition coefficient (Wildman–Crippen LogP) is 5.41. The summed E-state index contributed by atoms with van der Waals surface area (Å²) in [4.78, 5) is 24.3. The zero-order valence-corrected chi connectivity index (χ0v) is 15.7. The maximum atomic E-state index is 12.7. The molecule has 0 heterocycles. The molecule has 0 aromatic heterocycles. The number of rotatable bonds is 4. The Morgan fingerprint density at radius 3 is 2.17 bits per heavy atom. The van der Waals surface area contributed by atoms with E-state index in [0.29, 0.717) is 11.3 Å². The monoisotopic (exact) mass is 405 g/mol. The van der Waals surface area contributed by atoms with Gasteiger partial charge in [0.1, 0.15) is 0 Å². The molecule has 3 amide bonds. The number of halogens is 3. The molecule has 1 aliphatic rings. The number of alkyl halides is 3. The summed E-state index contributed by atoms with van der Waals surface area (Å²) in [6.07, 6.45) is 0.934. The average Bonchev–Trinajstić information content (AvgIpc) is 2.69. The van der Waals surface area contributed by atoms with Crippen molar-refractivity contribution in [1.82, 2.24) is 5.32 Å². The molecule has 0 unspecified atom stereocenters. The Morgan fingerprint density at radius 1 is 0.862 bits per heavy atom. The first-order valence-corrected chi connectivity index (χ1v) is 9.47. The fourth-order valence-corrected chi connectivity index (χ4v) is 3.29. The van der Waals surface area contributed by atoms with E-state index in [1.54, 1.807) is 24.3 Å². The molecular weight excluding hydrogens is 383 g/mol. The third kappa shape index (κ3) is 5.97. The van der Waals surface area contributed by atoms with Crippen LogP contribution in [0.3, 0.4) is 0 Å². The van der Waals surface area contributed by atoms with Crippen LogP contribution in [0.2, 0.25) is 0 Å². The first-order chi connectivity index (χ1) is 13.8. The number of urea groups is 1. The summed E-state index contributed by atoms with van der Waals surface area (Å²) in [5, 5.41) is 7.91. The van der Waals surface area contributed by atoms with Crippen LogP contribution in [0.1, 0.15) is 48.0 Å². The molecule has 5 nitrogen and oxygen atoms in total. The van der Waals surface area contributed by atoms with E-state index in [1.165, 1.54) is 18.6 Å². The minimum atomic E-state index is -4.48. The largest absolute Gasteiger partial charge is 0.416 e. The SMILES string of the molecule is O=C(Nc1ccc(C(=O)NC2CCCCC2)cc1)Nc1cccc(C(F)(F)F)c1. The second-order valence-electron chi connectivity index (χ2n) is 7.04. The minimum absolute atomic E-state index is 0.0285. The Kier molecular flexibility index (Phi) is 6.41. The van der Waals surface area contributed by atoms with Gasteiger partial charge in [-0.15, -0.1) is 0 Å². The van der Waals surface area contributed by atoms with E-state index in [2.05, 4.69) is 16.0 Å². The maximum absolute atomic E-state index is 12.7. The Morgan fingerprint density at radius 2 is 1.52 bits per heavy atom. The number of benzene rings is 2. The standard InChI is InChI=1S/C21H22F3N3O2/c22-21(23,24)15-5-4-8-18(13-15)27-20(29)26-17-11-9-14(10-12-17)19(28)25-16-6-2-1-3-7-16/h4-5,8-13,16H,1-3,6-7H2,(H,25,28)(H2,26,27,29). The van der Waals surface area contributed by atoms with Crippen LogP contribution in [0, 0.1) is 0 Å². The van der Waals surface area contributed by atoms with Crippen molar-refractivity contribution in [2.24, 2.45) is 0 Å². The number of nitrogens with one attached hydrogen (secondary N) is 3. The number of amides is 3. The third-order valence-corrected chi connectivity index (χ3v) is 4.79. The van der Waals surface area contributed by atoms with Crippen molar-refractivity contribution in [3.05, 3.63) is 59.7 Å². The molecule has 29 heavy (non-hydrogen) atoms. The van der Waals surface area contributed by atoms with Crippen molar-refractivity contribution >= 4 is 23.3 Å². The smallest absolute Gasteiger partial charge is 0.349 e. The molecule has 0 bridgehead atoms. The third-order valence-electron chi connectivity index (χ3n) is 4.79. The molecule has 154 valence electrons. The summed E-state index contributed by atoms with van der Waals surface area (Å²) in [5.74, 6) is -0.156. The van der Waals surface area contributed by atoms with Crippen molar-refractivity contribution in [2.75, 3.05) is 10.6 Å². The molecule has 3 rings (SSSR count). The van der Waals surface area contributed by atoms with Gasteiger partial charge in [-0.2, -0.15) is 13.2 Å². The molecule has 0 spiro atoms. The molecule has 1 saturated carbocycles. The van der Waals surface area contributed by atoms with E-state index in [0.717, 1.165) is 37.8 Å². The van der Waals surface area contributed by atoms with Gasteiger partial charge >= 0.3 is 12.2 Å².